The van der Waals surface area contributed by atoms with E-state index in [0.29, 0.717) is 0 Å². The lowest BCUT2D eigenvalue weighted by molar-refractivity contribution is 0.480. The van der Waals surface area contributed by atoms with Crippen LogP contribution in [0.2, 0.25) is 0 Å². The van der Waals surface area contributed by atoms with E-state index in [4.69, 9.17) is 9.11 Å². The van der Waals surface area contributed by atoms with E-state index in [9.17, 15) is 16.8 Å². The van der Waals surface area contributed by atoms with E-state index in [1.807, 2.05) is 12.1 Å². The molecular weight excluding hydrogens is 328 g/mol. The molecule has 0 aromatic heterocycles. The van der Waals surface area contributed by atoms with E-state index in [-0.39, 0.29) is 24.3 Å². The molecule has 0 amide bonds. The highest BCUT2D eigenvalue weighted by atomic mass is 32.2. The molecule has 22 heavy (non-hydrogen) atoms. The number of aryl methyl sites for hydroxylation is 2. The first kappa shape index (κ1) is 16.9. The second kappa shape index (κ2) is 6.33. The van der Waals surface area contributed by atoms with Crippen molar-refractivity contribution in [1.29, 1.82) is 0 Å². The van der Waals surface area contributed by atoms with Crippen molar-refractivity contribution >= 4 is 31.0 Å². The zero-order valence-corrected chi connectivity index (χ0v) is 13.3. The fourth-order valence-corrected chi connectivity index (χ4v) is 3.29. The molecular formula is C14H16O6S2. The van der Waals surface area contributed by atoms with E-state index in [1.165, 1.54) is 0 Å². The lowest BCUT2D eigenvalue weighted by Crippen LogP contribution is -2.08. The third-order valence-corrected chi connectivity index (χ3v) is 4.80. The average Bonchev–Trinajstić information content (AvgIpc) is 2.41. The average molecular weight is 344 g/mol. The van der Waals surface area contributed by atoms with Crippen molar-refractivity contribution < 1.29 is 25.9 Å². The maximum atomic E-state index is 10.9. The Labute approximate surface area is 129 Å². The van der Waals surface area contributed by atoms with Gasteiger partial charge in [-0.3, -0.25) is 9.11 Å². The molecule has 2 aromatic carbocycles. The number of benzene rings is 2. The van der Waals surface area contributed by atoms with Gasteiger partial charge in [-0.05, 0) is 34.7 Å². The molecule has 2 rings (SSSR count). The predicted octanol–water partition coefficient (Wildman–Crippen LogP) is 1.70. The van der Waals surface area contributed by atoms with Crippen LogP contribution in [0.1, 0.15) is 11.1 Å². The second-order valence-electron chi connectivity index (χ2n) is 5.00. The molecule has 0 heterocycles. The largest absolute Gasteiger partial charge is 0.286 e. The van der Waals surface area contributed by atoms with Gasteiger partial charge in [0.1, 0.15) is 0 Å². The standard InChI is InChI=1S/C14H16O6S2/c15-21(16,17)9-7-11-5-6-12(8-10-22(18,19)20)14-4-2-1-3-13(11)14/h1-6H,7-10H2,(H,15,16,17)(H,18,19,20). The number of hydrogen-bond acceptors (Lipinski definition) is 4. The Bertz CT molecular complexity index is 810. The maximum absolute atomic E-state index is 10.9. The van der Waals surface area contributed by atoms with Crippen molar-refractivity contribution in [2.75, 3.05) is 11.5 Å². The summed E-state index contributed by atoms with van der Waals surface area (Å²) in [6.07, 6.45) is 0.329. The molecule has 0 atom stereocenters. The minimum atomic E-state index is -4.04. The summed E-state index contributed by atoms with van der Waals surface area (Å²) in [6, 6.07) is 10.6. The Kier molecular flexibility index (Phi) is 4.86. The van der Waals surface area contributed by atoms with Gasteiger partial charge in [0.15, 0.2) is 0 Å². The zero-order valence-electron chi connectivity index (χ0n) is 11.6. The molecule has 120 valence electrons. The first-order chi connectivity index (χ1) is 10.2. The summed E-state index contributed by atoms with van der Waals surface area (Å²) < 4.78 is 61.2. The van der Waals surface area contributed by atoms with Gasteiger partial charge in [0.25, 0.3) is 20.2 Å². The molecule has 0 spiro atoms. The fraction of sp³-hybridized carbons (Fsp3) is 0.286. The number of rotatable bonds is 6. The minimum absolute atomic E-state index is 0.165. The van der Waals surface area contributed by atoms with Crippen LogP contribution in [-0.4, -0.2) is 37.4 Å². The topological polar surface area (TPSA) is 109 Å². The summed E-state index contributed by atoms with van der Waals surface area (Å²) in [5.41, 5.74) is 1.51. The van der Waals surface area contributed by atoms with Crippen LogP contribution < -0.4 is 0 Å². The Morgan fingerprint density at radius 3 is 1.36 bits per heavy atom. The van der Waals surface area contributed by atoms with Crippen LogP contribution in [0.4, 0.5) is 0 Å². The SMILES string of the molecule is O=S(=O)(O)CCc1ccc(CCS(=O)(=O)O)c2ccccc12. The van der Waals surface area contributed by atoms with Crippen molar-refractivity contribution in [2.45, 2.75) is 12.8 Å². The van der Waals surface area contributed by atoms with Gasteiger partial charge >= 0.3 is 0 Å². The Morgan fingerprint density at radius 1 is 0.682 bits per heavy atom. The third kappa shape index (κ3) is 4.77. The third-order valence-electron chi connectivity index (χ3n) is 3.36. The summed E-state index contributed by atoms with van der Waals surface area (Å²) in [7, 11) is -8.09. The normalized spacial score (nSPS) is 12.6. The van der Waals surface area contributed by atoms with Gasteiger partial charge in [-0.25, -0.2) is 0 Å². The van der Waals surface area contributed by atoms with Crippen molar-refractivity contribution in [3.8, 4) is 0 Å². The highest BCUT2D eigenvalue weighted by Gasteiger charge is 2.12. The Hall–Kier alpha value is -1.48. The van der Waals surface area contributed by atoms with Gasteiger partial charge < -0.3 is 0 Å². The summed E-state index contributed by atoms with van der Waals surface area (Å²) in [4.78, 5) is 0. The first-order valence-corrected chi connectivity index (χ1v) is 9.77. The fourth-order valence-electron chi connectivity index (χ4n) is 2.34. The van der Waals surface area contributed by atoms with Gasteiger partial charge in [0.05, 0.1) is 11.5 Å². The first-order valence-electron chi connectivity index (χ1n) is 6.55. The van der Waals surface area contributed by atoms with Gasteiger partial charge in [-0.2, -0.15) is 16.8 Å². The van der Waals surface area contributed by atoms with E-state index >= 15 is 0 Å². The molecule has 0 aliphatic rings. The van der Waals surface area contributed by atoms with Crippen LogP contribution in [0.15, 0.2) is 36.4 Å². The molecule has 0 aliphatic heterocycles. The van der Waals surface area contributed by atoms with Crippen LogP contribution in [-0.2, 0) is 33.1 Å². The van der Waals surface area contributed by atoms with Gasteiger partial charge in [-0.1, -0.05) is 36.4 Å². The maximum Gasteiger partial charge on any atom is 0.265 e. The van der Waals surface area contributed by atoms with Gasteiger partial charge in [0.2, 0.25) is 0 Å². The smallest absolute Gasteiger partial charge is 0.265 e. The Balaban J connectivity index is 2.38. The summed E-state index contributed by atoms with van der Waals surface area (Å²) in [6.45, 7) is 0. The molecule has 0 aliphatic carbocycles. The second-order valence-corrected chi connectivity index (χ2v) is 8.15. The highest BCUT2D eigenvalue weighted by molar-refractivity contribution is 7.86. The molecule has 6 nitrogen and oxygen atoms in total. The molecule has 0 radical (unpaired) electrons. The monoisotopic (exact) mass is 344 g/mol. The van der Waals surface area contributed by atoms with E-state index < -0.39 is 20.2 Å². The van der Waals surface area contributed by atoms with Crippen LogP contribution in [0.5, 0.6) is 0 Å². The summed E-state index contributed by atoms with van der Waals surface area (Å²) >= 11 is 0. The predicted molar refractivity (Wildman–Crippen MR) is 84.2 cm³/mol. The lowest BCUT2D eigenvalue weighted by Gasteiger charge is -2.10. The molecule has 0 unspecified atom stereocenters. The Morgan fingerprint density at radius 2 is 1.05 bits per heavy atom. The van der Waals surface area contributed by atoms with Crippen LogP contribution in [0, 0.1) is 0 Å². The number of fused-ring (bicyclic) bond motifs is 1. The lowest BCUT2D eigenvalue weighted by atomic mass is 9.97. The van der Waals surface area contributed by atoms with E-state index in [0.717, 1.165) is 21.9 Å². The van der Waals surface area contributed by atoms with E-state index in [2.05, 4.69) is 0 Å². The van der Waals surface area contributed by atoms with Gasteiger partial charge in [0, 0.05) is 0 Å². The zero-order chi connectivity index (χ0) is 16.4. The quantitative estimate of drug-likeness (QED) is 0.772. The van der Waals surface area contributed by atoms with Crippen molar-refractivity contribution in [1.82, 2.24) is 0 Å². The molecule has 0 saturated heterocycles. The molecule has 2 aromatic rings. The van der Waals surface area contributed by atoms with Crippen LogP contribution >= 0.6 is 0 Å². The van der Waals surface area contributed by atoms with Crippen LogP contribution in [0.25, 0.3) is 10.8 Å². The van der Waals surface area contributed by atoms with E-state index in [1.54, 1.807) is 24.3 Å². The molecule has 2 N–H and O–H groups in total. The van der Waals surface area contributed by atoms with Crippen molar-refractivity contribution in [3.05, 3.63) is 47.5 Å². The molecule has 0 saturated carbocycles. The van der Waals surface area contributed by atoms with Crippen molar-refractivity contribution in [2.24, 2.45) is 0 Å². The molecule has 0 fully saturated rings. The molecule has 8 heteroatoms. The number of hydrogen-bond donors (Lipinski definition) is 2. The van der Waals surface area contributed by atoms with Crippen molar-refractivity contribution in [3.63, 3.8) is 0 Å². The molecule has 0 bridgehead atoms. The minimum Gasteiger partial charge on any atom is -0.286 e. The summed E-state index contributed by atoms with van der Waals surface area (Å²) in [5, 5.41) is 1.61. The highest BCUT2D eigenvalue weighted by Crippen LogP contribution is 2.24. The summed E-state index contributed by atoms with van der Waals surface area (Å²) in [5.74, 6) is -0.747. The van der Waals surface area contributed by atoms with Gasteiger partial charge in [-0.15, -0.1) is 0 Å². The van der Waals surface area contributed by atoms with Crippen LogP contribution in [0.3, 0.4) is 0 Å².